The normalized spacial score (nSPS) is 21.6. The molecule has 0 unspecified atom stereocenters. The second kappa shape index (κ2) is 6.16. The molecule has 3 rings (SSSR count). The van der Waals surface area contributed by atoms with Gasteiger partial charge in [-0.05, 0) is 41.6 Å². The van der Waals surface area contributed by atoms with E-state index in [1.807, 2.05) is 6.07 Å². The Bertz CT molecular complexity index is 599. The zero-order valence-corrected chi connectivity index (χ0v) is 13.7. The molecule has 0 saturated carbocycles. The number of nitrogens with one attached hydrogen (secondary N) is 1. The summed E-state index contributed by atoms with van der Waals surface area (Å²) in [6, 6.07) is 7.32. The topological polar surface area (TPSA) is 52.5 Å². The van der Waals surface area contributed by atoms with Crippen molar-refractivity contribution in [2.24, 2.45) is 0 Å². The minimum atomic E-state index is -0.0569. The highest BCUT2D eigenvalue weighted by Gasteiger charge is 2.31. The predicted octanol–water partition coefficient (Wildman–Crippen LogP) is 3.52. The lowest BCUT2D eigenvalue weighted by atomic mass is 9.86. The van der Waals surface area contributed by atoms with Crippen LogP contribution >= 0.6 is 28.3 Å². The molecule has 2 aromatic rings. The van der Waals surface area contributed by atoms with Crippen molar-refractivity contribution in [1.82, 2.24) is 5.32 Å². The van der Waals surface area contributed by atoms with Gasteiger partial charge in [0.15, 0.2) is 11.5 Å². The van der Waals surface area contributed by atoms with Gasteiger partial charge in [-0.15, -0.1) is 28.3 Å². The summed E-state index contributed by atoms with van der Waals surface area (Å²) >= 11 is 1.80. The van der Waals surface area contributed by atoms with E-state index in [1.54, 1.807) is 23.5 Å². The van der Waals surface area contributed by atoms with Gasteiger partial charge in [0.05, 0.1) is 0 Å². The molecular weight excluding hydrogens is 338 g/mol. The largest absolute Gasteiger partial charge is 0.504 e. The van der Waals surface area contributed by atoms with Crippen LogP contribution in [0.4, 0.5) is 0 Å². The van der Waals surface area contributed by atoms with Crippen LogP contribution in [0.2, 0.25) is 0 Å². The average molecular weight is 356 g/mol. The van der Waals surface area contributed by atoms with Gasteiger partial charge in [-0.2, -0.15) is 0 Å². The first-order chi connectivity index (χ1) is 9.16. The molecule has 2 atom stereocenters. The highest BCUT2D eigenvalue weighted by molar-refractivity contribution is 8.93. The number of aromatic hydroxyl groups is 2. The Morgan fingerprint density at radius 1 is 1.10 bits per heavy atom. The predicted molar refractivity (Wildman–Crippen MR) is 87.5 cm³/mol. The first kappa shape index (κ1) is 15.4. The van der Waals surface area contributed by atoms with Crippen LogP contribution in [0.5, 0.6) is 11.5 Å². The van der Waals surface area contributed by atoms with Crippen LogP contribution in [0, 0.1) is 6.92 Å². The Morgan fingerprint density at radius 2 is 1.85 bits per heavy atom. The molecule has 2 heterocycles. The van der Waals surface area contributed by atoms with Gasteiger partial charge in [-0.3, -0.25) is 0 Å². The summed E-state index contributed by atoms with van der Waals surface area (Å²) in [5.41, 5.74) is 2.42. The third kappa shape index (κ3) is 2.71. The molecule has 1 fully saturated rings. The molecule has 0 radical (unpaired) electrons. The molecular formula is C15H18BrNO2S. The van der Waals surface area contributed by atoms with Crippen LogP contribution in [0.15, 0.2) is 29.6 Å². The Hall–Kier alpha value is -1.04. The molecule has 1 saturated heterocycles. The van der Waals surface area contributed by atoms with Crippen molar-refractivity contribution >= 4 is 28.3 Å². The van der Waals surface area contributed by atoms with E-state index in [1.165, 1.54) is 10.4 Å². The number of halogens is 1. The van der Waals surface area contributed by atoms with Crippen molar-refractivity contribution in [2.45, 2.75) is 18.8 Å². The second-order valence-corrected chi connectivity index (χ2v) is 6.03. The maximum atomic E-state index is 9.66. The van der Waals surface area contributed by atoms with Crippen LogP contribution in [0.1, 0.15) is 27.8 Å². The van der Waals surface area contributed by atoms with Gasteiger partial charge in [0.2, 0.25) is 0 Å². The lowest BCUT2D eigenvalue weighted by Gasteiger charge is -2.19. The van der Waals surface area contributed by atoms with E-state index in [2.05, 4.69) is 23.7 Å². The van der Waals surface area contributed by atoms with E-state index in [-0.39, 0.29) is 28.5 Å². The highest BCUT2D eigenvalue weighted by Crippen LogP contribution is 2.41. The fourth-order valence-electron chi connectivity index (χ4n) is 2.84. The smallest absolute Gasteiger partial charge is 0.157 e. The molecule has 0 amide bonds. The van der Waals surface area contributed by atoms with Crippen LogP contribution in [0.3, 0.4) is 0 Å². The summed E-state index contributed by atoms with van der Waals surface area (Å²) < 4.78 is 0. The molecule has 1 aromatic carbocycles. The number of aryl methyl sites for hydroxylation is 1. The molecule has 3 N–H and O–H groups in total. The summed E-state index contributed by atoms with van der Waals surface area (Å²) in [5, 5.41) is 24.6. The Labute approximate surface area is 133 Å². The number of hydrogen-bond acceptors (Lipinski definition) is 4. The summed E-state index contributed by atoms with van der Waals surface area (Å²) in [6.07, 6.45) is 0. The van der Waals surface area contributed by atoms with E-state index in [0.717, 1.165) is 18.7 Å². The second-order valence-electron chi connectivity index (χ2n) is 5.09. The molecule has 5 heteroatoms. The fourth-order valence-corrected chi connectivity index (χ4v) is 3.93. The SMILES string of the molecule is Br.Cc1ccsc1[C@H]1CNC[C@@H]1c1ccc(O)c(O)c1. The van der Waals surface area contributed by atoms with E-state index >= 15 is 0 Å². The third-order valence-electron chi connectivity index (χ3n) is 3.88. The zero-order valence-electron chi connectivity index (χ0n) is 11.2. The van der Waals surface area contributed by atoms with Crippen LogP contribution in [0.25, 0.3) is 0 Å². The van der Waals surface area contributed by atoms with Gasteiger partial charge >= 0.3 is 0 Å². The number of thiophene rings is 1. The number of phenols is 2. The van der Waals surface area contributed by atoms with E-state index in [0.29, 0.717) is 11.8 Å². The van der Waals surface area contributed by atoms with Crippen LogP contribution in [-0.4, -0.2) is 23.3 Å². The standard InChI is InChI=1S/C15H17NO2S.BrH/c1-9-4-5-19-15(9)12-8-16-7-11(12)10-2-3-13(17)14(18)6-10;/h2-6,11-12,16-18H,7-8H2,1H3;1H/t11-,12+;/m1./s1. The molecule has 3 nitrogen and oxygen atoms in total. The van der Waals surface area contributed by atoms with Gasteiger partial charge in [0.1, 0.15) is 0 Å². The first-order valence-corrected chi connectivity index (χ1v) is 7.31. The molecule has 0 spiro atoms. The lowest BCUT2D eigenvalue weighted by molar-refractivity contribution is 0.402. The highest BCUT2D eigenvalue weighted by atomic mass is 79.9. The zero-order chi connectivity index (χ0) is 13.4. The van der Waals surface area contributed by atoms with Crippen LogP contribution < -0.4 is 5.32 Å². The van der Waals surface area contributed by atoms with Gasteiger partial charge < -0.3 is 15.5 Å². The van der Waals surface area contributed by atoms with Crippen LogP contribution in [-0.2, 0) is 0 Å². The minimum absolute atomic E-state index is 0. The fraction of sp³-hybridized carbons (Fsp3) is 0.333. The maximum absolute atomic E-state index is 9.66. The van der Waals surface area contributed by atoms with Gasteiger partial charge in [-0.1, -0.05) is 6.07 Å². The quantitative estimate of drug-likeness (QED) is 0.722. The lowest BCUT2D eigenvalue weighted by Crippen LogP contribution is -2.08. The third-order valence-corrected chi connectivity index (χ3v) is 5.03. The Morgan fingerprint density at radius 3 is 2.50 bits per heavy atom. The molecule has 1 aromatic heterocycles. The van der Waals surface area contributed by atoms with Crippen molar-refractivity contribution in [3.05, 3.63) is 45.6 Å². The molecule has 0 bridgehead atoms. The van der Waals surface area contributed by atoms with Crippen molar-refractivity contribution in [1.29, 1.82) is 0 Å². The maximum Gasteiger partial charge on any atom is 0.157 e. The van der Waals surface area contributed by atoms with Crippen molar-refractivity contribution in [3.63, 3.8) is 0 Å². The van der Waals surface area contributed by atoms with E-state index < -0.39 is 0 Å². The molecule has 108 valence electrons. The number of rotatable bonds is 2. The number of hydrogen-bond donors (Lipinski definition) is 3. The number of benzene rings is 1. The Kier molecular flexibility index (Phi) is 4.73. The van der Waals surface area contributed by atoms with E-state index in [9.17, 15) is 10.2 Å². The average Bonchev–Trinajstić information content (AvgIpc) is 3.00. The van der Waals surface area contributed by atoms with Gasteiger partial charge in [0.25, 0.3) is 0 Å². The Balaban J connectivity index is 0.00000147. The number of phenolic OH excluding ortho intramolecular Hbond substituents is 2. The first-order valence-electron chi connectivity index (χ1n) is 6.43. The molecule has 1 aliphatic rings. The monoisotopic (exact) mass is 355 g/mol. The summed E-state index contributed by atoms with van der Waals surface area (Å²) in [7, 11) is 0. The summed E-state index contributed by atoms with van der Waals surface area (Å²) in [5.74, 6) is 0.706. The van der Waals surface area contributed by atoms with Crippen molar-refractivity contribution < 1.29 is 10.2 Å². The molecule has 0 aliphatic carbocycles. The van der Waals surface area contributed by atoms with Crippen molar-refractivity contribution in [2.75, 3.05) is 13.1 Å². The minimum Gasteiger partial charge on any atom is -0.504 e. The van der Waals surface area contributed by atoms with Gasteiger partial charge in [0, 0.05) is 29.8 Å². The van der Waals surface area contributed by atoms with E-state index in [4.69, 9.17) is 0 Å². The summed E-state index contributed by atoms with van der Waals surface area (Å²) in [6.45, 7) is 4.02. The molecule has 1 aliphatic heterocycles. The summed E-state index contributed by atoms with van der Waals surface area (Å²) in [4.78, 5) is 1.42. The molecule has 20 heavy (non-hydrogen) atoms. The van der Waals surface area contributed by atoms with Gasteiger partial charge in [-0.25, -0.2) is 0 Å². The van der Waals surface area contributed by atoms with Crippen molar-refractivity contribution in [3.8, 4) is 11.5 Å².